The van der Waals surface area contributed by atoms with E-state index in [1.54, 1.807) is 32.0 Å². The number of hydrogen-bond acceptors (Lipinski definition) is 4. The minimum atomic E-state index is -3.57. The molecule has 0 unspecified atom stereocenters. The van der Waals surface area contributed by atoms with E-state index in [1.165, 1.54) is 6.07 Å². The molecule has 1 aromatic carbocycles. The fourth-order valence-electron chi connectivity index (χ4n) is 1.60. The van der Waals surface area contributed by atoms with Crippen molar-refractivity contribution >= 4 is 21.7 Å². The van der Waals surface area contributed by atoms with Gasteiger partial charge in [-0.25, -0.2) is 17.9 Å². The number of amides is 2. The monoisotopic (exact) mass is 300 g/mol. The molecule has 20 heavy (non-hydrogen) atoms. The van der Waals surface area contributed by atoms with Crippen LogP contribution in [-0.4, -0.2) is 33.6 Å². The van der Waals surface area contributed by atoms with E-state index in [0.29, 0.717) is 18.8 Å². The number of anilines is 1. The predicted octanol–water partition coefficient (Wildman–Crippen LogP) is 0.454. The van der Waals surface area contributed by atoms with Crippen molar-refractivity contribution in [3.8, 4) is 0 Å². The Labute approximate surface area is 119 Å². The molecular weight excluding hydrogens is 280 g/mol. The van der Waals surface area contributed by atoms with Gasteiger partial charge in [0.1, 0.15) is 4.90 Å². The Kier molecular flexibility index (Phi) is 5.78. The van der Waals surface area contributed by atoms with Gasteiger partial charge < -0.3 is 16.4 Å². The molecule has 1 aromatic rings. The van der Waals surface area contributed by atoms with Crippen molar-refractivity contribution in [2.24, 2.45) is 5.73 Å². The number of sulfonamides is 1. The van der Waals surface area contributed by atoms with Gasteiger partial charge in [-0.05, 0) is 26.0 Å². The summed E-state index contributed by atoms with van der Waals surface area (Å²) in [5.74, 6) is 0. The number of carbonyl (C=O) groups is 1. The Bertz CT molecular complexity index is 558. The van der Waals surface area contributed by atoms with Gasteiger partial charge in [-0.2, -0.15) is 0 Å². The Morgan fingerprint density at radius 2 is 1.90 bits per heavy atom. The molecule has 0 aliphatic rings. The maximum atomic E-state index is 12.2. The second kappa shape index (κ2) is 7.11. The van der Waals surface area contributed by atoms with Crippen molar-refractivity contribution in [1.29, 1.82) is 0 Å². The highest BCUT2D eigenvalue weighted by Gasteiger charge is 2.18. The highest BCUT2D eigenvalue weighted by atomic mass is 32.2. The molecule has 0 atom stereocenters. The summed E-state index contributed by atoms with van der Waals surface area (Å²) >= 11 is 0. The van der Waals surface area contributed by atoms with E-state index >= 15 is 0 Å². The second-order valence-corrected chi connectivity index (χ2v) is 6.17. The summed E-state index contributed by atoms with van der Waals surface area (Å²) in [6, 6.07) is 5.77. The summed E-state index contributed by atoms with van der Waals surface area (Å²) in [5, 5.41) is 5.38. The van der Waals surface area contributed by atoms with Crippen LogP contribution in [-0.2, 0) is 10.0 Å². The molecule has 5 N–H and O–H groups in total. The summed E-state index contributed by atoms with van der Waals surface area (Å²) in [6.45, 7) is 4.19. The molecule has 0 heterocycles. The minimum Gasteiger partial charge on any atom is -0.382 e. The number of nitrogens with one attached hydrogen (secondary N) is 3. The number of benzene rings is 1. The minimum absolute atomic E-state index is 0.174. The third-order valence-corrected chi connectivity index (χ3v) is 4.02. The highest BCUT2D eigenvalue weighted by Crippen LogP contribution is 2.20. The summed E-state index contributed by atoms with van der Waals surface area (Å²) < 4.78 is 26.9. The van der Waals surface area contributed by atoms with Crippen LogP contribution in [0.1, 0.15) is 13.8 Å². The Morgan fingerprint density at radius 1 is 1.25 bits per heavy atom. The molecule has 0 spiro atoms. The first kappa shape index (κ1) is 16.3. The van der Waals surface area contributed by atoms with Crippen molar-refractivity contribution in [3.05, 3.63) is 24.3 Å². The third kappa shape index (κ3) is 5.06. The van der Waals surface area contributed by atoms with Gasteiger partial charge in [0.25, 0.3) is 0 Å². The van der Waals surface area contributed by atoms with Gasteiger partial charge in [-0.3, -0.25) is 0 Å². The topological polar surface area (TPSA) is 113 Å². The molecule has 0 aromatic heterocycles. The smallest absolute Gasteiger partial charge is 0.312 e. The average molecular weight is 300 g/mol. The maximum Gasteiger partial charge on any atom is 0.312 e. The predicted molar refractivity (Wildman–Crippen MR) is 78.0 cm³/mol. The molecule has 0 saturated carbocycles. The van der Waals surface area contributed by atoms with Gasteiger partial charge in [0.2, 0.25) is 10.0 Å². The highest BCUT2D eigenvalue weighted by molar-refractivity contribution is 7.89. The van der Waals surface area contributed by atoms with Crippen LogP contribution in [0.5, 0.6) is 0 Å². The average Bonchev–Trinajstić information content (AvgIpc) is 2.33. The number of primary amides is 1. The molecule has 112 valence electrons. The molecule has 1 rings (SSSR count). The van der Waals surface area contributed by atoms with Crippen molar-refractivity contribution in [1.82, 2.24) is 10.0 Å². The lowest BCUT2D eigenvalue weighted by atomic mass is 10.3. The number of rotatable bonds is 7. The van der Waals surface area contributed by atoms with Gasteiger partial charge in [0.05, 0.1) is 5.69 Å². The summed E-state index contributed by atoms with van der Waals surface area (Å²) in [6.07, 6.45) is 0. The number of nitrogens with two attached hydrogens (primary N) is 1. The Balaban J connectivity index is 2.80. The zero-order valence-corrected chi connectivity index (χ0v) is 12.3. The first-order valence-electron chi connectivity index (χ1n) is 6.21. The first-order chi connectivity index (χ1) is 9.33. The molecule has 8 heteroatoms. The molecular formula is C12H20N4O3S. The van der Waals surface area contributed by atoms with Gasteiger partial charge in [-0.15, -0.1) is 0 Å². The number of para-hydroxylation sites is 1. The van der Waals surface area contributed by atoms with Gasteiger partial charge in [-0.1, -0.05) is 12.1 Å². The summed E-state index contributed by atoms with van der Waals surface area (Å²) in [7, 11) is -3.57. The fourth-order valence-corrected chi connectivity index (χ4v) is 3.04. The van der Waals surface area contributed by atoms with E-state index in [-0.39, 0.29) is 10.9 Å². The number of urea groups is 1. The molecule has 0 saturated heterocycles. The number of carbonyl (C=O) groups excluding carboxylic acids is 1. The lowest BCUT2D eigenvalue weighted by molar-refractivity contribution is 0.249. The molecule has 0 aliphatic carbocycles. The van der Waals surface area contributed by atoms with Crippen LogP contribution >= 0.6 is 0 Å². The normalized spacial score (nSPS) is 11.3. The quantitative estimate of drug-likeness (QED) is 0.548. The van der Waals surface area contributed by atoms with Crippen LogP contribution < -0.4 is 21.1 Å². The Hall–Kier alpha value is -1.80. The SMILES string of the molecule is CC(C)NS(=O)(=O)c1ccccc1NCCNC(N)=O. The lowest BCUT2D eigenvalue weighted by Crippen LogP contribution is -2.34. The molecule has 0 radical (unpaired) electrons. The van der Waals surface area contributed by atoms with E-state index < -0.39 is 16.1 Å². The van der Waals surface area contributed by atoms with Crippen LogP contribution in [0.3, 0.4) is 0 Å². The molecule has 0 aliphatic heterocycles. The maximum absolute atomic E-state index is 12.2. The lowest BCUT2D eigenvalue weighted by Gasteiger charge is -2.14. The first-order valence-corrected chi connectivity index (χ1v) is 7.70. The Morgan fingerprint density at radius 3 is 2.50 bits per heavy atom. The summed E-state index contributed by atoms with van der Waals surface area (Å²) in [5.41, 5.74) is 5.42. The van der Waals surface area contributed by atoms with Crippen molar-refractivity contribution in [2.45, 2.75) is 24.8 Å². The van der Waals surface area contributed by atoms with Crippen molar-refractivity contribution in [3.63, 3.8) is 0 Å². The molecule has 0 bridgehead atoms. The zero-order chi connectivity index (χ0) is 15.2. The van der Waals surface area contributed by atoms with Gasteiger partial charge in [0, 0.05) is 19.1 Å². The van der Waals surface area contributed by atoms with Gasteiger partial charge in [0.15, 0.2) is 0 Å². The third-order valence-electron chi connectivity index (χ3n) is 2.31. The van der Waals surface area contributed by atoms with E-state index in [2.05, 4.69) is 15.4 Å². The largest absolute Gasteiger partial charge is 0.382 e. The van der Waals surface area contributed by atoms with E-state index in [1.807, 2.05) is 0 Å². The van der Waals surface area contributed by atoms with E-state index in [4.69, 9.17) is 5.73 Å². The molecule has 2 amide bonds. The standard InChI is InChI=1S/C12H20N4O3S/c1-9(2)16-20(18,19)11-6-4-3-5-10(11)14-7-8-15-12(13)17/h3-6,9,14,16H,7-8H2,1-2H3,(H3,13,15,17). The van der Waals surface area contributed by atoms with E-state index in [9.17, 15) is 13.2 Å². The summed E-state index contributed by atoms with van der Waals surface area (Å²) in [4.78, 5) is 10.7. The van der Waals surface area contributed by atoms with E-state index in [0.717, 1.165) is 0 Å². The molecule has 7 nitrogen and oxygen atoms in total. The van der Waals surface area contributed by atoms with Crippen LogP contribution in [0.25, 0.3) is 0 Å². The zero-order valence-electron chi connectivity index (χ0n) is 11.5. The molecule has 0 fully saturated rings. The van der Waals surface area contributed by atoms with Crippen LogP contribution in [0.4, 0.5) is 10.5 Å². The van der Waals surface area contributed by atoms with Gasteiger partial charge >= 0.3 is 6.03 Å². The fraction of sp³-hybridized carbons (Fsp3) is 0.417. The van der Waals surface area contributed by atoms with Crippen LogP contribution in [0.15, 0.2) is 29.2 Å². The van der Waals surface area contributed by atoms with Crippen LogP contribution in [0, 0.1) is 0 Å². The van der Waals surface area contributed by atoms with Crippen molar-refractivity contribution < 1.29 is 13.2 Å². The van der Waals surface area contributed by atoms with Crippen molar-refractivity contribution in [2.75, 3.05) is 18.4 Å². The number of hydrogen-bond donors (Lipinski definition) is 4. The second-order valence-electron chi connectivity index (χ2n) is 4.49. The van der Waals surface area contributed by atoms with Crippen LogP contribution in [0.2, 0.25) is 0 Å².